The maximum Gasteiger partial charge on any atom is 0.289 e. The number of furan rings is 1. The first-order chi connectivity index (χ1) is 11.9. The highest BCUT2D eigenvalue weighted by Crippen LogP contribution is 2.30. The van der Waals surface area contributed by atoms with Gasteiger partial charge in [0, 0.05) is 25.7 Å². The van der Waals surface area contributed by atoms with Gasteiger partial charge in [-0.25, -0.2) is 0 Å². The van der Waals surface area contributed by atoms with Crippen LogP contribution in [0.15, 0.2) is 40.8 Å². The summed E-state index contributed by atoms with van der Waals surface area (Å²) >= 11 is 0. The Morgan fingerprint density at radius 1 is 1.28 bits per heavy atom. The molecule has 2 aromatic rings. The second kappa shape index (κ2) is 6.92. The maximum absolute atomic E-state index is 12.7. The molecular weight excluding hydrogens is 316 g/mol. The van der Waals surface area contributed by atoms with Crippen molar-refractivity contribution in [2.75, 3.05) is 40.8 Å². The third-order valence-electron chi connectivity index (χ3n) is 4.91. The molecule has 0 saturated carbocycles. The van der Waals surface area contributed by atoms with E-state index in [2.05, 4.69) is 18.9 Å². The van der Waals surface area contributed by atoms with Gasteiger partial charge in [0.2, 0.25) is 0 Å². The van der Waals surface area contributed by atoms with Gasteiger partial charge in [-0.1, -0.05) is 6.92 Å². The van der Waals surface area contributed by atoms with E-state index in [9.17, 15) is 4.79 Å². The lowest BCUT2D eigenvalue weighted by Crippen LogP contribution is -2.38. The number of rotatable bonds is 5. The van der Waals surface area contributed by atoms with Gasteiger partial charge >= 0.3 is 0 Å². The van der Waals surface area contributed by atoms with Crippen LogP contribution in [0.5, 0.6) is 5.75 Å². The van der Waals surface area contributed by atoms with E-state index in [1.807, 2.05) is 37.4 Å². The lowest BCUT2D eigenvalue weighted by molar-refractivity contribution is 0.0700. The Balaban J connectivity index is 1.69. The van der Waals surface area contributed by atoms with Gasteiger partial charge in [0.15, 0.2) is 5.76 Å². The predicted molar refractivity (Wildman–Crippen MR) is 97.9 cm³/mol. The first-order valence-corrected chi connectivity index (χ1v) is 8.58. The van der Waals surface area contributed by atoms with Crippen LogP contribution in [0.25, 0.3) is 11.3 Å². The molecular formula is C20H26N2O3. The molecule has 5 heteroatoms. The molecule has 1 saturated heterocycles. The molecule has 2 heterocycles. The Hall–Kier alpha value is -2.27. The summed E-state index contributed by atoms with van der Waals surface area (Å²) in [7, 11) is 5.61. The molecule has 1 fully saturated rings. The lowest BCUT2D eigenvalue weighted by atomic mass is 9.89. The van der Waals surface area contributed by atoms with Gasteiger partial charge in [0.1, 0.15) is 11.5 Å². The summed E-state index contributed by atoms with van der Waals surface area (Å²) in [4.78, 5) is 16.8. The summed E-state index contributed by atoms with van der Waals surface area (Å²) in [6, 6.07) is 11.2. The van der Waals surface area contributed by atoms with E-state index >= 15 is 0 Å². The summed E-state index contributed by atoms with van der Waals surface area (Å²) in [5.41, 5.74) is 1.07. The van der Waals surface area contributed by atoms with E-state index in [0.29, 0.717) is 11.5 Å². The fourth-order valence-electron chi connectivity index (χ4n) is 3.60. The predicted octanol–water partition coefficient (Wildman–Crippen LogP) is 3.37. The van der Waals surface area contributed by atoms with Gasteiger partial charge in [-0.2, -0.15) is 0 Å². The highest BCUT2D eigenvalue weighted by Gasteiger charge is 2.34. The largest absolute Gasteiger partial charge is 0.497 e. The maximum atomic E-state index is 12.7. The molecule has 5 nitrogen and oxygen atoms in total. The summed E-state index contributed by atoms with van der Waals surface area (Å²) in [5, 5.41) is 0. The number of carbonyl (C=O) groups is 1. The molecule has 0 N–H and O–H groups in total. The Morgan fingerprint density at radius 3 is 2.60 bits per heavy atom. The summed E-state index contributed by atoms with van der Waals surface area (Å²) in [6.07, 6.45) is 1.11. The number of nitrogens with zero attached hydrogens (tertiary/aromatic N) is 2. The van der Waals surface area contributed by atoms with Crippen LogP contribution >= 0.6 is 0 Å². The van der Waals surface area contributed by atoms with Gasteiger partial charge in [0.05, 0.1) is 7.11 Å². The van der Waals surface area contributed by atoms with Gasteiger partial charge in [-0.3, -0.25) is 4.79 Å². The highest BCUT2D eigenvalue weighted by atomic mass is 16.5. The number of benzene rings is 1. The number of likely N-dealkylation sites (tertiary alicyclic amines) is 1. The molecule has 1 aromatic carbocycles. The van der Waals surface area contributed by atoms with Crippen molar-refractivity contribution in [3.63, 3.8) is 0 Å². The summed E-state index contributed by atoms with van der Waals surface area (Å²) < 4.78 is 11.0. The molecule has 0 radical (unpaired) electrons. The van der Waals surface area contributed by atoms with Crippen molar-refractivity contribution in [1.82, 2.24) is 9.80 Å². The molecule has 1 aliphatic heterocycles. The van der Waals surface area contributed by atoms with Crippen LogP contribution in [-0.2, 0) is 0 Å². The van der Waals surface area contributed by atoms with Crippen LogP contribution in [0.1, 0.15) is 23.9 Å². The molecule has 1 unspecified atom stereocenters. The number of ether oxygens (including phenoxy) is 1. The highest BCUT2D eigenvalue weighted by molar-refractivity contribution is 5.92. The lowest BCUT2D eigenvalue weighted by Gasteiger charge is -2.29. The molecule has 25 heavy (non-hydrogen) atoms. The number of amides is 1. The Kier molecular flexibility index (Phi) is 4.86. The second-order valence-electron chi connectivity index (χ2n) is 7.35. The number of hydrogen-bond acceptors (Lipinski definition) is 4. The van der Waals surface area contributed by atoms with Gasteiger partial charge < -0.3 is 19.0 Å². The van der Waals surface area contributed by atoms with Gasteiger partial charge in [-0.15, -0.1) is 0 Å². The Bertz CT molecular complexity index is 738. The summed E-state index contributed by atoms with van der Waals surface area (Å²) in [6.45, 7) is 5.07. The molecule has 0 aliphatic carbocycles. The number of carbonyl (C=O) groups excluding carboxylic acids is 1. The Labute approximate surface area is 149 Å². The normalized spacial score (nSPS) is 20.6. The van der Waals surface area contributed by atoms with E-state index in [-0.39, 0.29) is 11.3 Å². The van der Waals surface area contributed by atoms with Crippen LogP contribution in [-0.4, -0.2) is 56.5 Å². The average molecular weight is 342 g/mol. The molecule has 1 aliphatic rings. The molecule has 3 rings (SSSR count). The van der Waals surface area contributed by atoms with Crippen LogP contribution in [0.4, 0.5) is 0 Å². The zero-order valence-electron chi connectivity index (χ0n) is 15.4. The van der Waals surface area contributed by atoms with E-state index < -0.39 is 0 Å². The SMILES string of the molecule is COc1ccc(-c2ccc(C(=O)N(C)CC3(C)CCN(C)C3)o2)cc1. The monoisotopic (exact) mass is 342 g/mol. The fourth-order valence-corrected chi connectivity index (χ4v) is 3.60. The minimum absolute atomic E-state index is 0.0736. The van der Waals surface area contributed by atoms with E-state index in [1.165, 1.54) is 0 Å². The zero-order chi connectivity index (χ0) is 18.0. The van der Waals surface area contributed by atoms with Crippen LogP contribution < -0.4 is 4.74 Å². The number of hydrogen-bond donors (Lipinski definition) is 0. The zero-order valence-corrected chi connectivity index (χ0v) is 15.4. The second-order valence-corrected chi connectivity index (χ2v) is 7.35. The van der Waals surface area contributed by atoms with Crippen LogP contribution in [0, 0.1) is 5.41 Å². The third-order valence-corrected chi connectivity index (χ3v) is 4.91. The minimum atomic E-state index is -0.0736. The molecule has 1 atom stereocenters. The Morgan fingerprint density at radius 2 is 2.00 bits per heavy atom. The van der Waals surface area contributed by atoms with Crippen molar-refractivity contribution in [1.29, 1.82) is 0 Å². The molecule has 134 valence electrons. The van der Waals surface area contributed by atoms with Crippen molar-refractivity contribution in [3.8, 4) is 17.1 Å². The smallest absolute Gasteiger partial charge is 0.289 e. The van der Waals surface area contributed by atoms with E-state index in [1.54, 1.807) is 18.1 Å². The van der Waals surface area contributed by atoms with Crippen molar-refractivity contribution in [3.05, 3.63) is 42.2 Å². The standard InChI is InChI=1S/C20H26N2O3/c1-20(11-12-21(2)13-20)14-22(3)19(23)18-10-9-17(25-18)15-5-7-16(24-4)8-6-15/h5-10H,11-14H2,1-4H3. The summed E-state index contributed by atoms with van der Waals surface area (Å²) in [5.74, 6) is 1.78. The van der Waals surface area contributed by atoms with Crippen molar-refractivity contribution in [2.45, 2.75) is 13.3 Å². The first kappa shape index (κ1) is 17.5. The topological polar surface area (TPSA) is 45.9 Å². The number of methoxy groups -OCH3 is 1. The van der Waals surface area contributed by atoms with Crippen LogP contribution in [0.2, 0.25) is 0 Å². The average Bonchev–Trinajstić information content (AvgIpc) is 3.21. The van der Waals surface area contributed by atoms with E-state index in [0.717, 1.165) is 37.4 Å². The van der Waals surface area contributed by atoms with Crippen molar-refractivity contribution < 1.29 is 13.9 Å². The van der Waals surface area contributed by atoms with Crippen LogP contribution in [0.3, 0.4) is 0 Å². The first-order valence-electron chi connectivity index (χ1n) is 8.58. The third kappa shape index (κ3) is 3.87. The van der Waals surface area contributed by atoms with Gasteiger partial charge in [-0.05, 0) is 61.8 Å². The molecule has 1 aromatic heterocycles. The van der Waals surface area contributed by atoms with Crippen molar-refractivity contribution in [2.24, 2.45) is 5.41 Å². The quantitative estimate of drug-likeness (QED) is 0.836. The fraction of sp³-hybridized carbons (Fsp3) is 0.450. The van der Waals surface area contributed by atoms with Crippen molar-refractivity contribution >= 4 is 5.91 Å². The molecule has 1 amide bonds. The molecule has 0 spiro atoms. The van der Waals surface area contributed by atoms with E-state index in [4.69, 9.17) is 9.15 Å². The van der Waals surface area contributed by atoms with Gasteiger partial charge in [0.25, 0.3) is 5.91 Å². The molecule has 0 bridgehead atoms. The minimum Gasteiger partial charge on any atom is -0.497 e.